The van der Waals surface area contributed by atoms with Crippen molar-refractivity contribution >= 4 is 29.3 Å². The van der Waals surface area contributed by atoms with Crippen molar-refractivity contribution in [3.63, 3.8) is 0 Å². The molecule has 5 heteroatoms. The standard InChI is InChI=1S/C16H24ClNO2S/c1-4-20-15(19)16(2,18-3)11-7-8-12-21-14-10-6-5-9-13(14)17/h5-6,9-10,18H,4,7-8,11-12H2,1-3H3. The highest BCUT2D eigenvalue weighted by Crippen LogP contribution is 2.27. The van der Waals surface area contributed by atoms with Gasteiger partial charge in [0.05, 0.1) is 11.6 Å². The summed E-state index contributed by atoms with van der Waals surface area (Å²) >= 11 is 7.87. The predicted octanol–water partition coefficient (Wildman–Crippen LogP) is 4.14. The van der Waals surface area contributed by atoms with Gasteiger partial charge in [0.1, 0.15) is 5.54 Å². The normalized spacial score (nSPS) is 13.7. The molecule has 0 fully saturated rings. The van der Waals surface area contributed by atoms with Crippen molar-refractivity contribution in [2.45, 2.75) is 43.5 Å². The van der Waals surface area contributed by atoms with Gasteiger partial charge in [-0.3, -0.25) is 4.79 Å². The van der Waals surface area contributed by atoms with Gasteiger partial charge in [-0.05, 0) is 51.6 Å². The Hall–Kier alpha value is -0.710. The molecule has 1 rings (SSSR count). The maximum absolute atomic E-state index is 11.9. The van der Waals surface area contributed by atoms with E-state index in [-0.39, 0.29) is 5.97 Å². The SMILES string of the molecule is CCOC(=O)C(C)(CCCCSc1ccccc1Cl)NC. The van der Waals surface area contributed by atoms with E-state index >= 15 is 0 Å². The molecule has 118 valence electrons. The summed E-state index contributed by atoms with van der Waals surface area (Å²) in [6.45, 7) is 4.14. The van der Waals surface area contributed by atoms with E-state index in [1.165, 1.54) is 0 Å². The van der Waals surface area contributed by atoms with Crippen molar-refractivity contribution in [2.24, 2.45) is 0 Å². The van der Waals surface area contributed by atoms with Gasteiger partial charge in [-0.1, -0.05) is 30.2 Å². The van der Waals surface area contributed by atoms with Crippen molar-refractivity contribution in [2.75, 3.05) is 19.4 Å². The Kier molecular flexibility index (Phi) is 8.15. The Balaban J connectivity index is 2.32. The molecule has 0 saturated heterocycles. The number of unbranched alkanes of at least 4 members (excludes halogenated alkanes) is 1. The minimum Gasteiger partial charge on any atom is -0.465 e. The van der Waals surface area contributed by atoms with Crippen LogP contribution >= 0.6 is 23.4 Å². The van der Waals surface area contributed by atoms with E-state index in [4.69, 9.17) is 16.3 Å². The van der Waals surface area contributed by atoms with Crippen LogP contribution in [0.4, 0.5) is 0 Å². The van der Waals surface area contributed by atoms with Crippen LogP contribution < -0.4 is 5.32 Å². The van der Waals surface area contributed by atoms with E-state index in [2.05, 4.69) is 5.32 Å². The van der Waals surface area contributed by atoms with Gasteiger partial charge >= 0.3 is 5.97 Å². The molecule has 1 aromatic carbocycles. The lowest BCUT2D eigenvalue weighted by molar-refractivity contribution is -0.150. The van der Waals surface area contributed by atoms with Crippen LogP contribution in [-0.4, -0.2) is 30.9 Å². The van der Waals surface area contributed by atoms with E-state index in [1.54, 1.807) is 18.8 Å². The highest BCUT2D eigenvalue weighted by Gasteiger charge is 2.32. The number of carbonyl (C=O) groups is 1. The lowest BCUT2D eigenvalue weighted by Crippen LogP contribution is -2.48. The quantitative estimate of drug-likeness (QED) is 0.420. The van der Waals surface area contributed by atoms with E-state index in [1.807, 2.05) is 38.1 Å². The van der Waals surface area contributed by atoms with Crippen molar-refractivity contribution in [3.8, 4) is 0 Å². The van der Waals surface area contributed by atoms with Crippen LogP contribution in [0.3, 0.4) is 0 Å². The molecule has 21 heavy (non-hydrogen) atoms. The third kappa shape index (κ3) is 5.89. The van der Waals surface area contributed by atoms with Gasteiger partial charge in [-0.15, -0.1) is 11.8 Å². The first-order valence-electron chi connectivity index (χ1n) is 7.27. The van der Waals surface area contributed by atoms with Crippen LogP contribution in [0.15, 0.2) is 29.2 Å². The molecule has 1 N–H and O–H groups in total. The summed E-state index contributed by atoms with van der Waals surface area (Å²) in [4.78, 5) is 13.0. The molecule has 3 nitrogen and oxygen atoms in total. The zero-order valence-electron chi connectivity index (χ0n) is 12.9. The second kappa shape index (κ2) is 9.34. The molecular formula is C16H24ClNO2S. The number of thioether (sulfide) groups is 1. The molecule has 1 unspecified atom stereocenters. The number of rotatable bonds is 9. The highest BCUT2D eigenvalue weighted by atomic mass is 35.5. The fourth-order valence-corrected chi connectivity index (χ4v) is 3.19. The topological polar surface area (TPSA) is 38.3 Å². The zero-order valence-corrected chi connectivity index (χ0v) is 14.5. The predicted molar refractivity (Wildman–Crippen MR) is 90.1 cm³/mol. The summed E-state index contributed by atoms with van der Waals surface area (Å²) < 4.78 is 5.12. The monoisotopic (exact) mass is 329 g/mol. The van der Waals surface area contributed by atoms with Crippen molar-refractivity contribution in [3.05, 3.63) is 29.3 Å². The fourth-order valence-electron chi connectivity index (χ4n) is 1.94. The van der Waals surface area contributed by atoms with Gasteiger partial charge < -0.3 is 10.1 Å². The molecule has 0 aromatic heterocycles. The number of likely N-dealkylation sites (N-methyl/N-ethyl adjacent to an activating group) is 1. The smallest absolute Gasteiger partial charge is 0.326 e. The van der Waals surface area contributed by atoms with E-state index < -0.39 is 5.54 Å². The number of carbonyl (C=O) groups excluding carboxylic acids is 1. The third-order valence-electron chi connectivity index (χ3n) is 3.44. The van der Waals surface area contributed by atoms with Gasteiger partial charge in [-0.2, -0.15) is 0 Å². The zero-order chi connectivity index (χ0) is 15.7. The van der Waals surface area contributed by atoms with Gasteiger partial charge in [-0.25, -0.2) is 0 Å². The third-order valence-corrected chi connectivity index (χ3v) is 5.04. The van der Waals surface area contributed by atoms with Crippen LogP contribution in [0.5, 0.6) is 0 Å². The van der Waals surface area contributed by atoms with Crippen LogP contribution in [0.2, 0.25) is 5.02 Å². The molecule has 0 aliphatic heterocycles. The van der Waals surface area contributed by atoms with Gasteiger partial charge in [0, 0.05) is 4.90 Å². The average molecular weight is 330 g/mol. The number of hydrogen-bond acceptors (Lipinski definition) is 4. The van der Waals surface area contributed by atoms with Crippen LogP contribution in [0.1, 0.15) is 33.1 Å². The first-order chi connectivity index (χ1) is 10.0. The molecule has 0 spiro atoms. The number of nitrogens with one attached hydrogen (secondary N) is 1. The van der Waals surface area contributed by atoms with Crippen LogP contribution in [-0.2, 0) is 9.53 Å². The average Bonchev–Trinajstić information content (AvgIpc) is 2.48. The summed E-state index contributed by atoms with van der Waals surface area (Å²) in [5.41, 5.74) is -0.592. The van der Waals surface area contributed by atoms with Crippen molar-refractivity contribution in [1.82, 2.24) is 5.32 Å². The van der Waals surface area contributed by atoms with Gasteiger partial charge in [0.25, 0.3) is 0 Å². The first kappa shape index (κ1) is 18.3. The Morgan fingerprint density at radius 1 is 1.38 bits per heavy atom. The van der Waals surface area contributed by atoms with E-state index in [0.29, 0.717) is 6.61 Å². The van der Waals surface area contributed by atoms with E-state index in [9.17, 15) is 4.79 Å². The number of benzene rings is 1. The molecule has 1 atom stereocenters. The molecular weight excluding hydrogens is 306 g/mol. The van der Waals surface area contributed by atoms with Gasteiger partial charge in [0.15, 0.2) is 0 Å². The molecule has 0 radical (unpaired) electrons. The maximum Gasteiger partial charge on any atom is 0.326 e. The Morgan fingerprint density at radius 3 is 2.71 bits per heavy atom. The van der Waals surface area contributed by atoms with Crippen molar-refractivity contribution in [1.29, 1.82) is 0 Å². The Morgan fingerprint density at radius 2 is 2.10 bits per heavy atom. The van der Waals surface area contributed by atoms with Gasteiger partial charge in [0.2, 0.25) is 0 Å². The first-order valence-corrected chi connectivity index (χ1v) is 8.63. The highest BCUT2D eigenvalue weighted by molar-refractivity contribution is 7.99. The fraction of sp³-hybridized carbons (Fsp3) is 0.562. The Bertz CT molecular complexity index is 456. The minimum atomic E-state index is -0.592. The number of esters is 1. The number of hydrogen-bond donors (Lipinski definition) is 1. The summed E-state index contributed by atoms with van der Waals surface area (Å²) in [6.07, 6.45) is 2.77. The summed E-state index contributed by atoms with van der Waals surface area (Å²) in [5, 5.41) is 3.88. The summed E-state index contributed by atoms with van der Waals surface area (Å²) in [5.74, 6) is 0.818. The summed E-state index contributed by atoms with van der Waals surface area (Å²) in [7, 11) is 1.80. The van der Waals surface area contributed by atoms with Crippen LogP contribution in [0, 0.1) is 0 Å². The molecule has 0 aliphatic rings. The number of halogens is 1. The number of ether oxygens (including phenoxy) is 1. The molecule has 0 heterocycles. The largest absolute Gasteiger partial charge is 0.465 e. The lowest BCUT2D eigenvalue weighted by atomic mass is 9.95. The molecule has 0 amide bonds. The molecule has 0 saturated carbocycles. The second-order valence-corrected chi connectivity index (χ2v) is 6.58. The lowest BCUT2D eigenvalue weighted by Gasteiger charge is -2.26. The molecule has 1 aromatic rings. The summed E-state index contributed by atoms with van der Waals surface area (Å²) in [6, 6.07) is 7.86. The van der Waals surface area contributed by atoms with E-state index in [0.717, 1.165) is 34.9 Å². The Labute approximate surface area is 136 Å². The van der Waals surface area contributed by atoms with Crippen LogP contribution in [0.25, 0.3) is 0 Å². The van der Waals surface area contributed by atoms with Crippen molar-refractivity contribution < 1.29 is 9.53 Å². The minimum absolute atomic E-state index is 0.175. The maximum atomic E-state index is 11.9. The molecule has 0 aliphatic carbocycles. The molecule has 0 bridgehead atoms. The second-order valence-electron chi connectivity index (χ2n) is 5.04.